The van der Waals surface area contributed by atoms with Crippen molar-refractivity contribution in [1.29, 1.82) is 0 Å². The lowest BCUT2D eigenvalue weighted by atomic mass is 10.2. The van der Waals surface area contributed by atoms with E-state index in [1.165, 1.54) is 18.3 Å². The minimum absolute atomic E-state index is 0.00162. The fourth-order valence-electron chi connectivity index (χ4n) is 2.31. The summed E-state index contributed by atoms with van der Waals surface area (Å²) in [5.41, 5.74) is 1.92. The third kappa shape index (κ3) is 4.33. The summed E-state index contributed by atoms with van der Waals surface area (Å²) in [4.78, 5) is 6.33. The van der Waals surface area contributed by atoms with E-state index in [9.17, 15) is 13.5 Å². The zero-order valence-corrected chi connectivity index (χ0v) is 14.5. The van der Waals surface area contributed by atoms with Gasteiger partial charge in [-0.25, -0.2) is 13.6 Å². The molecule has 0 spiro atoms. The molecular formula is C17H21N3O3S. The predicted octanol–water partition coefficient (Wildman–Crippen LogP) is 2.64. The smallest absolute Gasteiger partial charge is 0.238 e. The van der Waals surface area contributed by atoms with E-state index in [1.807, 2.05) is 6.07 Å². The first-order valence-corrected chi connectivity index (χ1v) is 9.14. The van der Waals surface area contributed by atoms with E-state index in [0.717, 1.165) is 18.8 Å². The number of primary sulfonamides is 1. The van der Waals surface area contributed by atoms with Gasteiger partial charge in [-0.15, -0.1) is 0 Å². The number of phenolic OH excluding ortho intramolecular Hbond substituents is 1. The molecule has 0 saturated carbocycles. The third-order valence-corrected chi connectivity index (χ3v) is 4.55. The van der Waals surface area contributed by atoms with Crippen molar-refractivity contribution in [2.24, 2.45) is 10.1 Å². The first-order chi connectivity index (χ1) is 11.3. The van der Waals surface area contributed by atoms with E-state index in [1.54, 1.807) is 24.3 Å². The summed E-state index contributed by atoms with van der Waals surface area (Å²) in [5, 5.41) is 15.3. The van der Waals surface area contributed by atoms with Crippen LogP contribution in [0, 0.1) is 0 Å². The summed E-state index contributed by atoms with van der Waals surface area (Å²) in [6.45, 7) is 5.80. The molecular weight excluding hydrogens is 326 g/mol. The summed E-state index contributed by atoms with van der Waals surface area (Å²) in [7, 11) is -3.77. The summed E-state index contributed by atoms with van der Waals surface area (Å²) in [5.74, 6) is 0.116. The van der Waals surface area contributed by atoms with Gasteiger partial charge in [0.2, 0.25) is 10.0 Å². The van der Waals surface area contributed by atoms with Crippen molar-refractivity contribution in [2.45, 2.75) is 18.7 Å². The minimum Gasteiger partial charge on any atom is -0.507 e. The van der Waals surface area contributed by atoms with Gasteiger partial charge in [-0.1, -0.05) is 6.07 Å². The number of phenols is 1. The number of benzene rings is 2. The highest BCUT2D eigenvalue weighted by atomic mass is 32.2. The van der Waals surface area contributed by atoms with Crippen LogP contribution in [-0.4, -0.2) is 32.8 Å². The van der Waals surface area contributed by atoms with Crippen LogP contribution in [0.5, 0.6) is 5.75 Å². The summed E-state index contributed by atoms with van der Waals surface area (Å²) < 4.78 is 22.7. The first kappa shape index (κ1) is 18.0. The molecule has 0 bridgehead atoms. The highest BCUT2D eigenvalue weighted by Crippen LogP contribution is 2.24. The average Bonchev–Trinajstić information content (AvgIpc) is 2.55. The second-order valence-corrected chi connectivity index (χ2v) is 6.78. The van der Waals surface area contributed by atoms with Crippen LogP contribution in [0.15, 0.2) is 52.4 Å². The SMILES string of the molecule is CCN(CC)c1ccc(C=Nc2cccc(S(N)(=O)=O)c2)c(O)c1. The van der Waals surface area contributed by atoms with E-state index in [0.29, 0.717) is 11.3 Å². The van der Waals surface area contributed by atoms with Gasteiger partial charge in [0.05, 0.1) is 10.6 Å². The Morgan fingerprint density at radius 3 is 2.46 bits per heavy atom. The van der Waals surface area contributed by atoms with E-state index in [4.69, 9.17) is 5.14 Å². The molecule has 2 aromatic rings. The number of aliphatic imine (C=N–C) groups is 1. The number of rotatable bonds is 6. The Morgan fingerprint density at radius 2 is 1.88 bits per heavy atom. The zero-order chi connectivity index (χ0) is 17.7. The average molecular weight is 347 g/mol. The predicted molar refractivity (Wildman–Crippen MR) is 96.7 cm³/mol. The maximum Gasteiger partial charge on any atom is 0.238 e. The van der Waals surface area contributed by atoms with Crippen molar-refractivity contribution in [3.8, 4) is 5.75 Å². The fraction of sp³-hybridized carbons (Fsp3) is 0.235. The number of nitrogens with zero attached hydrogens (tertiary/aromatic N) is 2. The number of sulfonamides is 1. The third-order valence-electron chi connectivity index (χ3n) is 3.64. The van der Waals surface area contributed by atoms with E-state index in [-0.39, 0.29) is 10.6 Å². The molecule has 128 valence electrons. The molecule has 2 aromatic carbocycles. The molecule has 0 aliphatic heterocycles. The molecule has 2 rings (SSSR count). The van der Waals surface area contributed by atoms with Gasteiger partial charge < -0.3 is 10.0 Å². The highest BCUT2D eigenvalue weighted by Gasteiger charge is 2.08. The van der Waals surface area contributed by atoms with Crippen LogP contribution < -0.4 is 10.0 Å². The quantitative estimate of drug-likeness (QED) is 0.785. The monoisotopic (exact) mass is 347 g/mol. The van der Waals surface area contributed by atoms with Gasteiger partial charge in [-0.3, -0.25) is 4.99 Å². The molecule has 0 aliphatic rings. The summed E-state index contributed by atoms with van der Waals surface area (Å²) >= 11 is 0. The Kier molecular flexibility index (Phi) is 5.58. The number of hydrogen-bond donors (Lipinski definition) is 2. The Bertz CT molecular complexity index is 844. The minimum atomic E-state index is -3.77. The van der Waals surface area contributed by atoms with Gasteiger partial charge in [0, 0.05) is 36.6 Å². The molecule has 3 N–H and O–H groups in total. The molecule has 0 amide bonds. The molecule has 0 unspecified atom stereocenters. The lowest BCUT2D eigenvalue weighted by molar-refractivity contribution is 0.474. The molecule has 0 aliphatic carbocycles. The Balaban J connectivity index is 2.27. The molecule has 0 radical (unpaired) electrons. The van der Waals surface area contributed by atoms with Crippen molar-refractivity contribution in [3.05, 3.63) is 48.0 Å². The largest absolute Gasteiger partial charge is 0.507 e. The number of aromatic hydroxyl groups is 1. The summed E-state index contributed by atoms with van der Waals surface area (Å²) in [6.07, 6.45) is 1.49. The van der Waals surface area contributed by atoms with Gasteiger partial charge >= 0.3 is 0 Å². The van der Waals surface area contributed by atoms with E-state index < -0.39 is 10.0 Å². The maximum absolute atomic E-state index is 11.4. The van der Waals surface area contributed by atoms with Crippen molar-refractivity contribution >= 4 is 27.6 Å². The van der Waals surface area contributed by atoms with Crippen LogP contribution >= 0.6 is 0 Å². The van der Waals surface area contributed by atoms with Gasteiger partial charge in [0.25, 0.3) is 0 Å². The molecule has 7 heteroatoms. The Morgan fingerprint density at radius 1 is 1.17 bits per heavy atom. The van der Waals surface area contributed by atoms with Crippen LogP contribution in [0.2, 0.25) is 0 Å². The van der Waals surface area contributed by atoms with Crippen LogP contribution in [-0.2, 0) is 10.0 Å². The van der Waals surface area contributed by atoms with Gasteiger partial charge in [0.15, 0.2) is 0 Å². The van der Waals surface area contributed by atoms with Crippen LogP contribution in [0.3, 0.4) is 0 Å². The molecule has 0 heterocycles. The fourth-order valence-corrected chi connectivity index (χ4v) is 2.86. The number of anilines is 1. The maximum atomic E-state index is 11.4. The second-order valence-electron chi connectivity index (χ2n) is 5.22. The van der Waals surface area contributed by atoms with Gasteiger partial charge in [-0.05, 0) is 44.2 Å². The lowest BCUT2D eigenvalue weighted by Crippen LogP contribution is -2.21. The first-order valence-electron chi connectivity index (χ1n) is 7.60. The number of nitrogens with two attached hydrogens (primary N) is 1. The Hall–Kier alpha value is -2.38. The molecule has 0 aromatic heterocycles. The number of hydrogen-bond acceptors (Lipinski definition) is 5. The summed E-state index contributed by atoms with van der Waals surface area (Å²) in [6, 6.07) is 11.4. The standard InChI is InChI=1S/C17H21N3O3S/c1-3-20(4-2)15-9-8-13(17(21)11-15)12-19-14-6-5-7-16(10-14)24(18,22)23/h5-12,21H,3-4H2,1-2H3,(H2,18,22,23). The normalized spacial score (nSPS) is 11.8. The highest BCUT2D eigenvalue weighted by molar-refractivity contribution is 7.89. The van der Waals surface area contributed by atoms with Crippen LogP contribution in [0.25, 0.3) is 0 Å². The topological polar surface area (TPSA) is 96.0 Å². The van der Waals surface area contributed by atoms with Crippen molar-refractivity contribution in [1.82, 2.24) is 0 Å². The van der Waals surface area contributed by atoms with E-state index >= 15 is 0 Å². The molecule has 24 heavy (non-hydrogen) atoms. The molecule has 6 nitrogen and oxygen atoms in total. The van der Waals surface area contributed by atoms with Gasteiger partial charge in [-0.2, -0.15) is 0 Å². The Labute approximate surface area is 142 Å². The van der Waals surface area contributed by atoms with Crippen molar-refractivity contribution in [2.75, 3.05) is 18.0 Å². The molecule has 0 atom stereocenters. The van der Waals surface area contributed by atoms with Gasteiger partial charge in [0.1, 0.15) is 5.75 Å². The van der Waals surface area contributed by atoms with Crippen molar-refractivity contribution < 1.29 is 13.5 Å². The second kappa shape index (κ2) is 7.46. The molecule has 0 saturated heterocycles. The van der Waals surface area contributed by atoms with Crippen LogP contribution in [0.4, 0.5) is 11.4 Å². The molecule has 0 fully saturated rings. The van der Waals surface area contributed by atoms with Crippen molar-refractivity contribution in [3.63, 3.8) is 0 Å². The lowest BCUT2D eigenvalue weighted by Gasteiger charge is -2.21. The van der Waals surface area contributed by atoms with E-state index in [2.05, 4.69) is 23.7 Å². The zero-order valence-electron chi connectivity index (χ0n) is 13.7. The van der Waals surface area contributed by atoms with Crippen LogP contribution in [0.1, 0.15) is 19.4 Å².